The van der Waals surface area contributed by atoms with E-state index >= 15 is 0 Å². The summed E-state index contributed by atoms with van der Waals surface area (Å²) in [6.07, 6.45) is 0. The van der Waals surface area contributed by atoms with Gasteiger partial charge in [0.15, 0.2) is 0 Å². The molecule has 0 fully saturated rings. The van der Waals surface area contributed by atoms with Crippen molar-refractivity contribution < 1.29 is 9.47 Å². The fourth-order valence-electron chi connectivity index (χ4n) is 5.24. The second-order valence-corrected chi connectivity index (χ2v) is 11.8. The summed E-state index contributed by atoms with van der Waals surface area (Å²) in [4.78, 5) is 26.4. The number of para-hydroxylation sites is 1. The van der Waals surface area contributed by atoms with Crippen LogP contribution in [-0.2, 0) is 17.9 Å². The van der Waals surface area contributed by atoms with E-state index in [1.165, 1.54) is 4.80 Å². The first kappa shape index (κ1) is 31.0. The smallest absolute Gasteiger partial charge is 0.259 e. The zero-order valence-electron chi connectivity index (χ0n) is 26.6. The van der Waals surface area contributed by atoms with Crippen LogP contribution in [0.15, 0.2) is 89.7 Å². The van der Waals surface area contributed by atoms with Crippen molar-refractivity contribution in [2.45, 2.75) is 19.2 Å². The molecule has 0 saturated carbocycles. The molecule has 1 atom stereocenters. The number of aromatic nitrogens is 6. The second kappa shape index (κ2) is 14.0. The van der Waals surface area contributed by atoms with Gasteiger partial charge in [-0.05, 0) is 92.4 Å². The van der Waals surface area contributed by atoms with E-state index in [-0.39, 0.29) is 17.4 Å². The summed E-state index contributed by atoms with van der Waals surface area (Å²) in [6.45, 7) is 2.80. The molecule has 11 nitrogen and oxygen atoms in total. The predicted octanol–water partition coefficient (Wildman–Crippen LogP) is 4.54. The van der Waals surface area contributed by atoms with Gasteiger partial charge in [-0.15, -0.1) is 10.2 Å². The van der Waals surface area contributed by atoms with Gasteiger partial charge in [-0.3, -0.25) is 4.79 Å². The Morgan fingerprint density at radius 1 is 0.913 bits per heavy atom. The first-order chi connectivity index (χ1) is 22.3. The molecule has 3 aromatic heterocycles. The van der Waals surface area contributed by atoms with Crippen LogP contribution in [0.5, 0.6) is 5.75 Å². The normalized spacial score (nSPS) is 12.4. The highest BCUT2D eigenvalue weighted by molar-refractivity contribution is 5.83. The van der Waals surface area contributed by atoms with Crippen molar-refractivity contribution in [3.05, 3.63) is 112 Å². The number of H-pyrrole nitrogens is 1. The van der Waals surface area contributed by atoms with Gasteiger partial charge in [0, 0.05) is 17.4 Å². The summed E-state index contributed by atoms with van der Waals surface area (Å²) in [5, 5.41) is 15.0. The van der Waals surface area contributed by atoms with Crippen molar-refractivity contribution in [1.82, 2.24) is 40.0 Å². The van der Waals surface area contributed by atoms with E-state index in [0.717, 1.165) is 45.2 Å². The molecule has 1 unspecified atom stereocenters. The predicted molar refractivity (Wildman–Crippen MR) is 179 cm³/mol. The summed E-state index contributed by atoms with van der Waals surface area (Å²) >= 11 is 0. The standard InChI is InChI=1S/C35H38N8O3/c1-41(2)16-17-45-23-33(42(3)4)26-13-15-32-27(19-26)20-30(35(44)37-32)34-38-40-43(39-34)21-24-8-7-10-29(18-24)46-22-28-14-12-25-9-5-6-11-31(25)36-28/h5-15,18-20,33H,16-17,21-23H2,1-4H3,(H,37,44). The SMILES string of the molecule is CN(C)CCOCC(c1ccc2[nH]c(=O)c(-c3nnn(Cc4cccc(OCc5ccc6ccccc6n5)c4)n3)cc2c1)N(C)C. The van der Waals surface area contributed by atoms with Gasteiger partial charge < -0.3 is 24.3 Å². The molecule has 0 bridgehead atoms. The average Bonchev–Trinajstić information content (AvgIpc) is 3.51. The Hall–Kier alpha value is -4.97. The van der Waals surface area contributed by atoms with Crippen molar-refractivity contribution >= 4 is 21.8 Å². The van der Waals surface area contributed by atoms with E-state index < -0.39 is 0 Å². The Bertz CT molecular complexity index is 2000. The Morgan fingerprint density at radius 3 is 2.63 bits per heavy atom. The number of nitrogens with one attached hydrogen (secondary N) is 1. The third kappa shape index (κ3) is 7.45. The highest BCUT2D eigenvalue weighted by Crippen LogP contribution is 2.25. The molecule has 0 aliphatic heterocycles. The van der Waals surface area contributed by atoms with Crippen molar-refractivity contribution in [1.29, 1.82) is 0 Å². The Balaban J connectivity index is 1.15. The summed E-state index contributed by atoms with van der Waals surface area (Å²) in [7, 11) is 8.13. The Morgan fingerprint density at radius 2 is 1.78 bits per heavy atom. The lowest BCUT2D eigenvalue weighted by atomic mass is 10.0. The molecule has 0 saturated heterocycles. The number of aromatic amines is 1. The van der Waals surface area contributed by atoms with E-state index in [1.807, 2.05) is 101 Å². The van der Waals surface area contributed by atoms with Crippen LogP contribution in [-0.4, -0.2) is 87.9 Å². The largest absolute Gasteiger partial charge is 0.487 e. The number of tetrazole rings is 1. The van der Waals surface area contributed by atoms with Gasteiger partial charge >= 0.3 is 0 Å². The van der Waals surface area contributed by atoms with Crippen LogP contribution in [0.25, 0.3) is 33.2 Å². The minimum atomic E-state index is -0.270. The van der Waals surface area contributed by atoms with Gasteiger partial charge in [0.2, 0.25) is 5.82 Å². The second-order valence-electron chi connectivity index (χ2n) is 11.8. The average molecular weight is 619 g/mol. The molecule has 6 rings (SSSR count). The summed E-state index contributed by atoms with van der Waals surface area (Å²) in [5.74, 6) is 0.980. The first-order valence-corrected chi connectivity index (χ1v) is 15.2. The number of rotatable bonds is 13. The third-order valence-corrected chi connectivity index (χ3v) is 7.79. The lowest BCUT2D eigenvalue weighted by molar-refractivity contribution is 0.0699. The molecule has 3 heterocycles. The van der Waals surface area contributed by atoms with Crippen LogP contribution >= 0.6 is 0 Å². The zero-order valence-corrected chi connectivity index (χ0v) is 26.6. The van der Waals surface area contributed by atoms with E-state index in [0.29, 0.717) is 37.7 Å². The number of ether oxygens (including phenoxy) is 2. The van der Waals surface area contributed by atoms with Crippen molar-refractivity contribution in [2.24, 2.45) is 0 Å². The minimum Gasteiger partial charge on any atom is -0.487 e. The number of likely N-dealkylation sites (N-methyl/N-ethyl adjacent to an activating group) is 2. The molecule has 0 radical (unpaired) electrons. The van der Waals surface area contributed by atoms with Crippen LogP contribution < -0.4 is 10.3 Å². The molecule has 236 valence electrons. The van der Waals surface area contributed by atoms with Crippen molar-refractivity contribution in [2.75, 3.05) is 47.9 Å². The Labute approximate surface area is 267 Å². The quantitative estimate of drug-likeness (QED) is 0.186. The number of hydrogen-bond donors (Lipinski definition) is 1. The fraction of sp³-hybridized carbons (Fsp3) is 0.286. The molecule has 11 heteroatoms. The van der Waals surface area contributed by atoms with E-state index in [4.69, 9.17) is 9.47 Å². The molecule has 1 N–H and O–H groups in total. The number of pyridine rings is 2. The highest BCUT2D eigenvalue weighted by Gasteiger charge is 2.17. The number of benzene rings is 3. The maximum Gasteiger partial charge on any atom is 0.259 e. The van der Waals surface area contributed by atoms with E-state index in [1.54, 1.807) is 0 Å². The number of nitrogens with zero attached hydrogens (tertiary/aromatic N) is 7. The van der Waals surface area contributed by atoms with Crippen LogP contribution in [0.2, 0.25) is 0 Å². The Kier molecular flexibility index (Phi) is 9.43. The first-order valence-electron chi connectivity index (χ1n) is 15.2. The highest BCUT2D eigenvalue weighted by atomic mass is 16.5. The number of fused-ring (bicyclic) bond motifs is 2. The summed E-state index contributed by atoms with van der Waals surface area (Å²) in [6, 6.07) is 27.7. The minimum absolute atomic E-state index is 0.0597. The molecule has 0 spiro atoms. The van der Waals surface area contributed by atoms with Gasteiger partial charge in [-0.25, -0.2) is 4.98 Å². The van der Waals surface area contributed by atoms with Crippen LogP contribution in [0.4, 0.5) is 0 Å². The van der Waals surface area contributed by atoms with Gasteiger partial charge in [0.05, 0.1) is 42.6 Å². The molecular weight excluding hydrogens is 580 g/mol. The van der Waals surface area contributed by atoms with E-state index in [2.05, 4.69) is 47.3 Å². The molecule has 6 aromatic rings. The van der Waals surface area contributed by atoms with Gasteiger partial charge in [-0.2, -0.15) is 4.80 Å². The lowest BCUT2D eigenvalue weighted by Crippen LogP contribution is -2.26. The molecule has 46 heavy (non-hydrogen) atoms. The molecule has 0 aliphatic rings. The molecule has 0 amide bonds. The van der Waals surface area contributed by atoms with Crippen molar-refractivity contribution in [3.63, 3.8) is 0 Å². The van der Waals surface area contributed by atoms with Crippen LogP contribution in [0.3, 0.4) is 0 Å². The fourth-order valence-corrected chi connectivity index (χ4v) is 5.24. The molecular formula is C35H38N8O3. The van der Waals surface area contributed by atoms with Crippen molar-refractivity contribution in [3.8, 4) is 17.1 Å². The van der Waals surface area contributed by atoms with Gasteiger partial charge in [-0.1, -0.05) is 42.5 Å². The maximum absolute atomic E-state index is 13.0. The van der Waals surface area contributed by atoms with Gasteiger partial charge in [0.25, 0.3) is 5.56 Å². The van der Waals surface area contributed by atoms with Gasteiger partial charge in [0.1, 0.15) is 12.4 Å². The summed E-state index contributed by atoms with van der Waals surface area (Å²) < 4.78 is 12.0. The molecule has 3 aromatic carbocycles. The summed E-state index contributed by atoms with van der Waals surface area (Å²) in [5.41, 5.74) is 4.65. The monoisotopic (exact) mass is 618 g/mol. The third-order valence-electron chi connectivity index (χ3n) is 7.79. The van der Waals surface area contributed by atoms with Crippen LogP contribution in [0, 0.1) is 0 Å². The zero-order chi connectivity index (χ0) is 32.0. The maximum atomic E-state index is 13.0. The number of hydrogen-bond acceptors (Lipinski definition) is 9. The lowest BCUT2D eigenvalue weighted by Gasteiger charge is -2.25. The van der Waals surface area contributed by atoms with Crippen LogP contribution in [0.1, 0.15) is 22.9 Å². The topological polar surface area (TPSA) is 114 Å². The van der Waals surface area contributed by atoms with E-state index in [9.17, 15) is 4.79 Å². The molecule has 0 aliphatic carbocycles.